The number of hydrogen-bond donors (Lipinski definition) is 4. The van der Waals surface area contributed by atoms with E-state index in [1.807, 2.05) is 24.3 Å². The minimum Gasteiger partial charge on any atom is -0.396 e. The molecular formula is C20H33N5O. The maximum atomic E-state index is 9.37. The summed E-state index contributed by atoms with van der Waals surface area (Å²) in [4.78, 5) is 12.7. The summed E-state index contributed by atoms with van der Waals surface area (Å²) in [6.07, 6.45) is 3.64. The van der Waals surface area contributed by atoms with Gasteiger partial charge in [-0.3, -0.25) is 4.99 Å². The van der Waals surface area contributed by atoms with Crippen molar-refractivity contribution in [1.29, 1.82) is 0 Å². The summed E-state index contributed by atoms with van der Waals surface area (Å²) in [5.41, 5.74) is 2.15. The Hall–Kier alpha value is -2.08. The molecule has 6 nitrogen and oxygen atoms in total. The molecule has 0 spiro atoms. The molecule has 0 bridgehead atoms. The molecule has 4 N–H and O–H groups in total. The molecular weight excluding hydrogens is 326 g/mol. The van der Waals surface area contributed by atoms with E-state index in [0.717, 1.165) is 68.1 Å². The summed E-state index contributed by atoms with van der Waals surface area (Å²) in [5, 5.41) is 16.1. The van der Waals surface area contributed by atoms with Crippen LogP contribution in [0.1, 0.15) is 45.9 Å². The van der Waals surface area contributed by atoms with Crippen molar-refractivity contribution in [2.24, 2.45) is 10.4 Å². The average molecular weight is 360 g/mol. The Morgan fingerprint density at radius 1 is 1.19 bits per heavy atom. The van der Waals surface area contributed by atoms with Crippen LogP contribution in [0.5, 0.6) is 0 Å². The van der Waals surface area contributed by atoms with Gasteiger partial charge in [0.1, 0.15) is 5.82 Å². The first-order valence-corrected chi connectivity index (χ1v) is 9.73. The van der Waals surface area contributed by atoms with E-state index in [1.54, 1.807) is 0 Å². The zero-order chi connectivity index (χ0) is 18.8. The van der Waals surface area contributed by atoms with Crippen LogP contribution in [0.25, 0.3) is 11.0 Å². The van der Waals surface area contributed by atoms with E-state index >= 15 is 0 Å². The number of aliphatic hydroxyl groups is 1. The van der Waals surface area contributed by atoms with Gasteiger partial charge in [-0.15, -0.1) is 0 Å². The number of hydrogen-bond acceptors (Lipinski definition) is 3. The van der Waals surface area contributed by atoms with E-state index in [2.05, 4.69) is 41.4 Å². The van der Waals surface area contributed by atoms with Crippen molar-refractivity contribution in [3.05, 3.63) is 30.1 Å². The Morgan fingerprint density at radius 2 is 1.96 bits per heavy atom. The van der Waals surface area contributed by atoms with E-state index in [9.17, 15) is 5.11 Å². The summed E-state index contributed by atoms with van der Waals surface area (Å²) in [6.45, 7) is 8.94. The molecule has 2 rings (SSSR count). The fraction of sp³-hybridized carbons (Fsp3) is 0.600. The van der Waals surface area contributed by atoms with Crippen molar-refractivity contribution in [2.75, 3.05) is 26.2 Å². The van der Waals surface area contributed by atoms with Crippen LogP contribution in [0.2, 0.25) is 0 Å². The number of aromatic amines is 1. The normalized spacial score (nSPS) is 12.5. The third-order valence-electron chi connectivity index (χ3n) is 5.15. The number of aliphatic imine (C=N–C) groups is 1. The molecule has 0 saturated heterocycles. The number of aliphatic hydroxyl groups excluding tert-OH is 1. The van der Waals surface area contributed by atoms with Crippen LogP contribution >= 0.6 is 0 Å². The van der Waals surface area contributed by atoms with Gasteiger partial charge in [0, 0.05) is 32.7 Å². The van der Waals surface area contributed by atoms with Crippen molar-refractivity contribution >= 4 is 17.0 Å². The second kappa shape index (κ2) is 10.2. The van der Waals surface area contributed by atoms with Crippen molar-refractivity contribution < 1.29 is 5.11 Å². The van der Waals surface area contributed by atoms with E-state index in [4.69, 9.17) is 4.99 Å². The number of H-pyrrole nitrogens is 1. The monoisotopic (exact) mass is 359 g/mol. The van der Waals surface area contributed by atoms with Crippen LogP contribution in [-0.2, 0) is 6.42 Å². The smallest absolute Gasteiger partial charge is 0.191 e. The Morgan fingerprint density at radius 3 is 2.62 bits per heavy atom. The average Bonchev–Trinajstić information content (AvgIpc) is 3.08. The van der Waals surface area contributed by atoms with Crippen molar-refractivity contribution in [3.8, 4) is 0 Å². The fourth-order valence-electron chi connectivity index (χ4n) is 3.16. The molecule has 0 amide bonds. The third kappa shape index (κ3) is 5.46. The standard InChI is InChI=1S/C20H33N5O/c1-4-20(5-2,12-14-26)15-23-19(21-6-3)22-13-11-18-24-16-9-7-8-10-17(16)25-18/h7-10,26H,4-6,11-15H2,1-3H3,(H,24,25)(H2,21,22,23). The maximum Gasteiger partial charge on any atom is 0.191 e. The Balaban J connectivity index is 1.94. The zero-order valence-corrected chi connectivity index (χ0v) is 16.3. The Labute approximate surface area is 156 Å². The number of guanidine groups is 1. The first-order chi connectivity index (χ1) is 12.7. The van der Waals surface area contributed by atoms with Gasteiger partial charge in [-0.1, -0.05) is 26.0 Å². The largest absolute Gasteiger partial charge is 0.396 e. The maximum absolute atomic E-state index is 9.37. The highest BCUT2D eigenvalue weighted by atomic mass is 16.3. The molecule has 0 atom stereocenters. The molecule has 0 aliphatic rings. The molecule has 0 saturated carbocycles. The molecule has 0 fully saturated rings. The number of rotatable bonds is 10. The summed E-state index contributed by atoms with van der Waals surface area (Å²) in [6, 6.07) is 8.07. The van der Waals surface area contributed by atoms with Gasteiger partial charge in [-0.2, -0.15) is 0 Å². The number of aromatic nitrogens is 2. The number of benzene rings is 1. The predicted octanol–water partition coefficient (Wildman–Crippen LogP) is 2.85. The van der Waals surface area contributed by atoms with Crippen LogP contribution in [0, 0.1) is 5.41 Å². The topological polar surface area (TPSA) is 85.3 Å². The molecule has 1 heterocycles. The van der Waals surface area contributed by atoms with E-state index in [0.29, 0.717) is 0 Å². The Kier molecular flexibility index (Phi) is 7.91. The second-order valence-electron chi connectivity index (χ2n) is 6.75. The quantitative estimate of drug-likeness (QED) is 0.388. The summed E-state index contributed by atoms with van der Waals surface area (Å²) >= 11 is 0. The molecule has 1 aromatic heterocycles. The predicted molar refractivity (Wildman–Crippen MR) is 108 cm³/mol. The number of imidazole rings is 1. The molecule has 2 aromatic rings. The molecule has 26 heavy (non-hydrogen) atoms. The summed E-state index contributed by atoms with van der Waals surface area (Å²) in [5.74, 6) is 1.80. The van der Waals surface area contributed by atoms with Gasteiger partial charge in [0.05, 0.1) is 11.0 Å². The van der Waals surface area contributed by atoms with Crippen LogP contribution in [0.3, 0.4) is 0 Å². The highest BCUT2D eigenvalue weighted by molar-refractivity contribution is 5.79. The van der Waals surface area contributed by atoms with Crippen LogP contribution < -0.4 is 10.6 Å². The van der Waals surface area contributed by atoms with E-state index in [1.165, 1.54) is 0 Å². The van der Waals surface area contributed by atoms with Gasteiger partial charge < -0.3 is 20.7 Å². The summed E-state index contributed by atoms with van der Waals surface area (Å²) in [7, 11) is 0. The number of nitrogens with zero attached hydrogens (tertiary/aromatic N) is 2. The van der Waals surface area contributed by atoms with Gasteiger partial charge >= 0.3 is 0 Å². The lowest BCUT2D eigenvalue weighted by molar-refractivity contribution is 0.175. The molecule has 0 unspecified atom stereocenters. The van der Waals surface area contributed by atoms with Crippen molar-refractivity contribution in [1.82, 2.24) is 20.6 Å². The third-order valence-corrected chi connectivity index (χ3v) is 5.15. The fourth-order valence-corrected chi connectivity index (χ4v) is 3.16. The van der Waals surface area contributed by atoms with Gasteiger partial charge in [-0.25, -0.2) is 4.98 Å². The highest BCUT2D eigenvalue weighted by Crippen LogP contribution is 2.30. The summed E-state index contributed by atoms with van der Waals surface area (Å²) < 4.78 is 0. The van der Waals surface area contributed by atoms with Crippen LogP contribution in [0.4, 0.5) is 0 Å². The zero-order valence-electron chi connectivity index (χ0n) is 16.3. The number of nitrogens with one attached hydrogen (secondary N) is 3. The first kappa shape index (κ1) is 20.2. The van der Waals surface area contributed by atoms with E-state index < -0.39 is 0 Å². The van der Waals surface area contributed by atoms with Gasteiger partial charge in [0.2, 0.25) is 0 Å². The van der Waals surface area contributed by atoms with Gasteiger partial charge in [0.25, 0.3) is 0 Å². The Bertz CT molecular complexity index is 657. The minimum absolute atomic E-state index is 0.0792. The lowest BCUT2D eigenvalue weighted by atomic mass is 9.79. The second-order valence-corrected chi connectivity index (χ2v) is 6.75. The molecule has 0 aliphatic heterocycles. The van der Waals surface area contributed by atoms with Crippen molar-refractivity contribution in [2.45, 2.75) is 46.5 Å². The first-order valence-electron chi connectivity index (χ1n) is 9.73. The van der Waals surface area contributed by atoms with Crippen molar-refractivity contribution in [3.63, 3.8) is 0 Å². The van der Waals surface area contributed by atoms with Crippen LogP contribution in [-0.4, -0.2) is 47.3 Å². The molecule has 0 aliphatic carbocycles. The van der Waals surface area contributed by atoms with Gasteiger partial charge in [-0.05, 0) is 43.7 Å². The molecule has 0 radical (unpaired) electrons. The molecule has 6 heteroatoms. The number of para-hydroxylation sites is 2. The van der Waals surface area contributed by atoms with Crippen LogP contribution in [0.15, 0.2) is 29.3 Å². The number of fused-ring (bicyclic) bond motifs is 1. The lowest BCUT2D eigenvalue weighted by Crippen LogP contribution is -2.39. The van der Waals surface area contributed by atoms with E-state index in [-0.39, 0.29) is 12.0 Å². The minimum atomic E-state index is 0.0792. The lowest BCUT2D eigenvalue weighted by Gasteiger charge is -2.29. The van der Waals surface area contributed by atoms with Gasteiger partial charge in [0.15, 0.2) is 5.96 Å². The molecule has 1 aromatic carbocycles. The SMILES string of the molecule is CCNC(=NCC(CC)(CC)CCO)NCCc1nc2ccccc2[nH]1. The highest BCUT2D eigenvalue weighted by Gasteiger charge is 2.25. The molecule has 144 valence electrons.